The van der Waals surface area contributed by atoms with Gasteiger partial charge in [-0.3, -0.25) is 14.9 Å². The summed E-state index contributed by atoms with van der Waals surface area (Å²) < 4.78 is 5.29. The van der Waals surface area contributed by atoms with E-state index in [4.69, 9.17) is 4.74 Å². The van der Waals surface area contributed by atoms with E-state index in [1.165, 1.54) is 12.1 Å². The van der Waals surface area contributed by atoms with E-state index in [0.717, 1.165) is 0 Å². The van der Waals surface area contributed by atoms with Gasteiger partial charge in [0.25, 0.3) is 11.6 Å². The molecule has 2 heterocycles. The SMILES string of the molecule is CCOC(=O)C1=C(CC)NC2=C(C(=O)N(C)C2(C)C)C1c1cccc([N+](=O)[O-])c1. The molecule has 1 atom stereocenters. The van der Waals surface area contributed by atoms with Crippen LogP contribution in [0.5, 0.6) is 0 Å². The van der Waals surface area contributed by atoms with Gasteiger partial charge in [0.2, 0.25) is 0 Å². The monoisotopic (exact) mass is 399 g/mol. The second-order valence-electron chi connectivity index (χ2n) is 7.59. The van der Waals surface area contributed by atoms with Crippen LogP contribution in [0.3, 0.4) is 0 Å². The number of carbonyl (C=O) groups excluding carboxylic acids is 2. The molecule has 29 heavy (non-hydrogen) atoms. The maximum atomic E-state index is 13.2. The number of nitro benzene ring substituents is 1. The van der Waals surface area contributed by atoms with Crippen molar-refractivity contribution in [1.29, 1.82) is 0 Å². The minimum Gasteiger partial charge on any atom is -0.463 e. The minimum absolute atomic E-state index is 0.0949. The lowest BCUT2D eigenvalue weighted by Gasteiger charge is -2.34. The van der Waals surface area contributed by atoms with E-state index < -0.39 is 22.3 Å². The summed E-state index contributed by atoms with van der Waals surface area (Å²) in [5.74, 6) is -1.48. The van der Waals surface area contributed by atoms with E-state index in [9.17, 15) is 19.7 Å². The molecule has 0 radical (unpaired) electrons. The molecule has 8 heteroatoms. The first kappa shape index (κ1) is 20.6. The molecule has 0 saturated carbocycles. The Hall–Kier alpha value is -3.16. The van der Waals surface area contributed by atoms with Crippen molar-refractivity contribution in [2.75, 3.05) is 13.7 Å². The van der Waals surface area contributed by atoms with Crippen molar-refractivity contribution in [2.24, 2.45) is 0 Å². The third-order valence-electron chi connectivity index (χ3n) is 5.70. The van der Waals surface area contributed by atoms with Gasteiger partial charge in [-0.1, -0.05) is 19.1 Å². The summed E-state index contributed by atoms with van der Waals surface area (Å²) in [6.07, 6.45) is 0.518. The van der Waals surface area contributed by atoms with Crippen molar-refractivity contribution in [3.05, 3.63) is 62.5 Å². The van der Waals surface area contributed by atoms with Gasteiger partial charge in [0.1, 0.15) is 0 Å². The van der Waals surface area contributed by atoms with Gasteiger partial charge in [-0.2, -0.15) is 0 Å². The fraction of sp³-hybridized carbons (Fsp3) is 0.429. The average Bonchev–Trinajstić information content (AvgIpc) is 2.87. The number of nitrogens with zero attached hydrogens (tertiary/aromatic N) is 2. The van der Waals surface area contributed by atoms with Crippen LogP contribution >= 0.6 is 0 Å². The number of non-ortho nitro benzene ring substituents is 1. The number of nitrogens with one attached hydrogen (secondary N) is 1. The van der Waals surface area contributed by atoms with Crippen LogP contribution in [0.4, 0.5) is 5.69 Å². The fourth-order valence-electron chi connectivity index (χ4n) is 3.94. The number of likely N-dealkylation sites (N-methyl/N-ethyl adjacent to an activating group) is 1. The molecular formula is C21H25N3O5. The highest BCUT2D eigenvalue weighted by atomic mass is 16.6. The number of dihydropyridines is 1. The zero-order valence-electron chi connectivity index (χ0n) is 17.2. The van der Waals surface area contributed by atoms with Gasteiger partial charge in [-0.05, 0) is 32.8 Å². The molecule has 2 aliphatic rings. The normalized spacial score (nSPS) is 20.5. The van der Waals surface area contributed by atoms with Crippen molar-refractivity contribution < 1.29 is 19.2 Å². The van der Waals surface area contributed by atoms with Crippen LogP contribution in [0.15, 0.2) is 46.8 Å². The van der Waals surface area contributed by atoms with Gasteiger partial charge in [-0.15, -0.1) is 0 Å². The lowest BCUT2D eigenvalue weighted by atomic mass is 9.78. The Kier molecular flexibility index (Phi) is 5.21. The molecule has 0 aliphatic carbocycles. The summed E-state index contributed by atoms with van der Waals surface area (Å²) in [5.41, 5.74) is 1.95. The van der Waals surface area contributed by atoms with Crippen LogP contribution < -0.4 is 5.32 Å². The van der Waals surface area contributed by atoms with E-state index in [0.29, 0.717) is 34.5 Å². The molecule has 1 aromatic rings. The van der Waals surface area contributed by atoms with Gasteiger partial charge >= 0.3 is 5.97 Å². The van der Waals surface area contributed by atoms with E-state index in [1.807, 2.05) is 20.8 Å². The first-order chi connectivity index (χ1) is 13.6. The Morgan fingerprint density at radius 1 is 1.34 bits per heavy atom. The molecule has 0 aromatic heterocycles. The molecule has 0 saturated heterocycles. The lowest BCUT2D eigenvalue weighted by molar-refractivity contribution is -0.384. The Labute approximate surface area is 169 Å². The molecular weight excluding hydrogens is 374 g/mol. The van der Waals surface area contributed by atoms with Gasteiger partial charge in [0.05, 0.1) is 39.8 Å². The summed E-state index contributed by atoms with van der Waals surface area (Å²) in [7, 11) is 1.71. The van der Waals surface area contributed by atoms with Crippen LogP contribution in [-0.4, -0.2) is 40.9 Å². The predicted octanol–water partition coefficient (Wildman–Crippen LogP) is 3.01. The molecule has 3 rings (SSSR count). The number of allylic oxidation sites excluding steroid dienone is 1. The van der Waals surface area contributed by atoms with Crippen molar-refractivity contribution in [3.63, 3.8) is 0 Å². The Morgan fingerprint density at radius 3 is 2.62 bits per heavy atom. The van der Waals surface area contributed by atoms with Crippen molar-refractivity contribution in [1.82, 2.24) is 10.2 Å². The second-order valence-corrected chi connectivity index (χ2v) is 7.59. The van der Waals surface area contributed by atoms with Crippen LogP contribution in [0, 0.1) is 10.1 Å². The largest absolute Gasteiger partial charge is 0.463 e. The number of ether oxygens (including phenoxy) is 1. The van der Waals surface area contributed by atoms with Gasteiger partial charge in [0, 0.05) is 24.9 Å². The van der Waals surface area contributed by atoms with Gasteiger partial charge < -0.3 is 15.0 Å². The Balaban J connectivity index is 2.29. The average molecular weight is 399 g/mol. The van der Waals surface area contributed by atoms with Crippen LogP contribution in [0.25, 0.3) is 0 Å². The standard InChI is InChI=1S/C21H25N3O5/c1-6-14-16(20(26)29-7-2)15(12-9-8-10-13(11-12)24(27)28)17-18(22-14)21(3,4)23(5)19(17)25/h8-11,15,22H,6-7H2,1-5H3. The summed E-state index contributed by atoms with van der Waals surface area (Å²) in [6.45, 7) is 7.66. The summed E-state index contributed by atoms with van der Waals surface area (Å²) in [4.78, 5) is 38.6. The summed E-state index contributed by atoms with van der Waals surface area (Å²) >= 11 is 0. The van der Waals surface area contributed by atoms with Crippen molar-refractivity contribution >= 4 is 17.6 Å². The number of esters is 1. The Bertz CT molecular complexity index is 961. The maximum Gasteiger partial charge on any atom is 0.336 e. The molecule has 154 valence electrons. The number of benzene rings is 1. The zero-order chi connectivity index (χ0) is 21.5. The molecule has 8 nitrogen and oxygen atoms in total. The Morgan fingerprint density at radius 2 is 2.03 bits per heavy atom. The molecule has 1 amide bonds. The topological polar surface area (TPSA) is 102 Å². The highest BCUT2D eigenvalue weighted by Crippen LogP contribution is 2.47. The number of amides is 1. The van der Waals surface area contributed by atoms with E-state index in [1.54, 1.807) is 31.0 Å². The number of nitro groups is 1. The summed E-state index contributed by atoms with van der Waals surface area (Å²) in [6, 6.07) is 6.09. The lowest BCUT2D eigenvalue weighted by Crippen LogP contribution is -2.43. The minimum atomic E-state index is -0.739. The first-order valence-corrected chi connectivity index (χ1v) is 9.59. The number of hydrogen-bond acceptors (Lipinski definition) is 6. The maximum absolute atomic E-state index is 13.2. The van der Waals surface area contributed by atoms with E-state index in [2.05, 4.69) is 5.32 Å². The smallest absolute Gasteiger partial charge is 0.336 e. The van der Waals surface area contributed by atoms with Crippen LogP contribution in [0.1, 0.15) is 45.6 Å². The molecule has 0 spiro atoms. The van der Waals surface area contributed by atoms with Crippen LogP contribution in [0.2, 0.25) is 0 Å². The predicted molar refractivity (Wildman–Crippen MR) is 107 cm³/mol. The molecule has 0 bridgehead atoms. The highest BCUT2D eigenvalue weighted by Gasteiger charge is 2.50. The van der Waals surface area contributed by atoms with Crippen LogP contribution in [-0.2, 0) is 14.3 Å². The van der Waals surface area contributed by atoms with E-state index in [-0.39, 0.29) is 18.2 Å². The second kappa shape index (κ2) is 7.35. The molecule has 2 aliphatic heterocycles. The van der Waals surface area contributed by atoms with Crippen molar-refractivity contribution in [3.8, 4) is 0 Å². The summed E-state index contributed by atoms with van der Waals surface area (Å²) in [5, 5.41) is 14.6. The highest BCUT2D eigenvalue weighted by molar-refractivity contribution is 6.05. The van der Waals surface area contributed by atoms with Crippen molar-refractivity contribution in [2.45, 2.75) is 45.6 Å². The molecule has 0 fully saturated rings. The third-order valence-corrected chi connectivity index (χ3v) is 5.70. The van der Waals surface area contributed by atoms with Gasteiger partial charge in [0.15, 0.2) is 0 Å². The number of hydrogen-bond donors (Lipinski definition) is 1. The molecule has 1 N–H and O–H groups in total. The molecule has 1 aromatic carbocycles. The first-order valence-electron chi connectivity index (χ1n) is 9.59. The zero-order valence-corrected chi connectivity index (χ0v) is 17.2. The van der Waals surface area contributed by atoms with Gasteiger partial charge in [-0.25, -0.2) is 4.79 Å². The molecule has 1 unspecified atom stereocenters. The number of carbonyl (C=O) groups is 2. The number of rotatable bonds is 5. The quantitative estimate of drug-likeness (QED) is 0.464. The fourth-order valence-corrected chi connectivity index (χ4v) is 3.94. The van der Waals surface area contributed by atoms with E-state index >= 15 is 0 Å². The third kappa shape index (κ3) is 3.18.